The molecule has 0 saturated heterocycles. The van der Waals surface area contributed by atoms with Crippen molar-refractivity contribution in [1.82, 2.24) is 16.0 Å². The van der Waals surface area contributed by atoms with Crippen molar-refractivity contribution in [2.45, 2.75) is 84.5 Å². The van der Waals surface area contributed by atoms with Gasteiger partial charge >= 0.3 is 18.3 Å². The monoisotopic (exact) mass is 968 g/mol. The van der Waals surface area contributed by atoms with E-state index in [0.29, 0.717) is 19.3 Å². The molecule has 3 atom stereocenters. The highest BCUT2D eigenvalue weighted by Crippen LogP contribution is 2.28. The van der Waals surface area contributed by atoms with Crippen LogP contribution in [0.15, 0.2) is 150 Å². The van der Waals surface area contributed by atoms with Crippen molar-refractivity contribution >= 4 is 18.3 Å². The minimum atomic E-state index is -1.29. The molecule has 0 fully saturated rings. The molecular formula is C49H52N4O17. The lowest BCUT2D eigenvalue weighted by atomic mass is 10.1. The summed E-state index contributed by atoms with van der Waals surface area (Å²) in [5, 5.41) is 44.3. The zero-order valence-electron chi connectivity index (χ0n) is 38.2. The van der Waals surface area contributed by atoms with Crippen molar-refractivity contribution in [3.63, 3.8) is 0 Å². The molecule has 6 aromatic rings. The Morgan fingerprint density at radius 2 is 0.871 bits per heavy atom. The molecule has 21 heteroatoms. The van der Waals surface area contributed by atoms with Gasteiger partial charge in [0.2, 0.25) is 40.1 Å². The van der Waals surface area contributed by atoms with Gasteiger partial charge in [0.25, 0.3) is 0 Å². The molecule has 6 N–H and O–H groups in total. The number of rotatable bonds is 20. The number of hydrogen-bond acceptors (Lipinski definition) is 14. The van der Waals surface area contributed by atoms with Crippen LogP contribution in [0, 0.1) is 10.1 Å². The molecule has 0 saturated carbocycles. The van der Waals surface area contributed by atoms with Crippen LogP contribution in [-0.4, -0.2) is 38.5 Å². The summed E-state index contributed by atoms with van der Waals surface area (Å²) in [6, 6.07) is 28.1. The highest BCUT2D eigenvalue weighted by Gasteiger charge is 2.26. The molecule has 3 aromatic carbocycles. The lowest BCUT2D eigenvalue weighted by Crippen LogP contribution is -2.28. The van der Waals surface area contributed by atoms with Gasteiger partial charge in [0, 0.05) is 17.1 Å². The minimum absolute atomic E-state index is 0.0112. The van der Waals surface area contributed by atoms with Gasteiger partial charge in [0.05, 0.1) is 30.7 Å². The summed E-state index contributed by atoms with van der Waals surface area (Å²) in [7, 11) is 0. The molecule has 0 aliphatic rings. The van der Waals surface area contributed by atoms with Crippen LogP contribution >= 0.6 is 0 Å². The molecule has 0 spiro atoms. The predicted octanol–water partition coefficient (Wildman–Crippen LogP) is 8.59. The predicted molar refractivity (Wildman–Crippen MR) is 251 cm³/mol. The third-order valence-corrected chi connectivity index (χ3v) is 9.82. The van der Waals surface area contributed by atoms with Gasteiger partial charge in [-0.2, -0.15) is 0 Å². The van der Waals surface area contributed by atoms with E-state index < -0.39 is 53.3 Å². The number of carbonyl (C=O) groups is 3. The summed E-state index contributed by atoms with van der Waals surface area (Å²) in [5.41, 5.74) is 1.02. The Kier molecular flexibility index (Phi) is 21.3. The first-order chi connectivity index (χ1) is 33.6. The Labute approximate surface area is 399 Å². The van der Waals surface area contributed by atoms with E-state index in [9.17, 15) is 38.9 Å². The highest BCUT2D eigenvalue weighted by molar-refractivity contribution is 5.66. The number of hydrogen-bond donors (Lipinski definition) is 6. The van der Waals surface area contributed by atoms with Crippen molar-refractivity contribution in [1.29, 1.82) is 0 Å². The summed E-state index contributed by atoms with van der Waals surface area (Å²) in [6.07, 6.45) is 0.941. The fraction of sp³-hybridized carbons (Fsp3) is 0.265. The fourth-order valence-electron chi connectivity index (χ4n) is 6.42. The molecule has 70 heavy (non-hydrogen) atoms. The quantitative estimate of drug-likeness (QED) is 0.0308. The van der Waals surface area contributed by atoms with E-state index in [-0.39, 0.29) is 70.8 Å². The van der Waals surface area contributed by atoms with E-state index in [4.69, 9.17) is 42.8 Å². The average molecular weight is 969 g/mol. The first-order valence-corrected chi connectivity index (χ1v) is 21.6. The molecule has 0 aliphatic carbocycles. The third kappa shape index (κ3) is 16.8. The Bertz CT molecular complexity index is 2680. The van der Waals surface area contributed by atoms with E-state index in [2.05, 4.69) is 16.0 Å². The smallest absolute Gasteiger partial charge is 0.405 e. The lowest BCUT2D eigenvalue weighted by molar-refractivity contribution is -0.497. The maximum atomic E-state index is 12.6. The van der Waals surface area contributed by atoms with Gasteiger partial charge in [0.15, 0.2) is 17.3 Å². The van der Waals surface area contributed by atoms with Crippen LogP contribution in [0.2, 0.25) is 0 Å². The summed E-state index contributed by atoms with van der Waals surface area (Å²) in [5.74, 6) is 0.206. The second-order valence-electron chi connectivity index (χ2n) is 14.8. The van der Waals surface area contributed by atoms with Crippen LogP contribution in [0.5, 0.6) is 17.2 Å². The largest absolute Gasteiger partial charge is 0.482 e. The number of nitro groups is 1. The standard InChI is InChI=1S/C17H18N2O7.2C16H17NO5/c1-2-13(18-17(21)22)15-16(25-9-11-6-4-3-5-7-11)14(20)12(10-26-15)8-19(23)24;2*1-2-12(17-16(19)20)14-15(13(18)8-9-21-14)22-10-11-6-4-3-5-7-11/h3-7,10,13,18H,2,8-9H2,1H3,(H,21,22);2*3-9,12,17H,2,10H2,1H3,(H,19,20). The van der Waals surface area contributed by atoms with Gasteiger partial charge in [-0.05, 0) is 36.0 Å². The lowest BCUT2D eigenvalue weighted by Gasteiger charge is -2.17. The van der Waals surface area contributed by atoms with Crippen LogP contribution in [0.4, 0.5) is 14.4 Å². The van der Waals surface area contributed by atoms with Crippen molar-refractivity contribution in [3.05, 3.63) is 202 Å². The summed E-state index contributed by atoms with van der Waals surface area (Å²) >= 11 is 0. The Hall–Kier alpha value is -8.88. The number of amides is 3. The minimum Gasteiger partial charge on any atom is -0.482 e. The molecule has 3 heterocycles. The summed E-state index contributed by atoms with van der Waals surface area (Å²) in [6.45, 7) is 4.99. The molecule has 21 nitrogen and oxygen atoms in total. The Morgan fingerprint density at radius 1 is 0.543 bits per heavy atom. The molecule has 0 radical (unpaired) electrons. The molecule has 6 rings (SSSR count). The molecule has 0 bridgehead atoms. The van der Waals surface area contributed by atoms with E-state index in [1.165, 1.54) is 24.7 Å². The van der Waals surface area contributed by atoms with Crippen LogP contribution in [0.1, 0.15) is 97.7 Å². The molecule has 3 unspecified atom stereocenters. The van der Waals surface area contributed by atoms with Crippen molar-refractivity contribution < 1.29 is 62.1 Å². The van der Waals surface area contributed by atoms with Crippen molar-refractivity contribution in [3.8, 4) is 17.2 Å². The van der Waals surface area contributed by atoms with E-state index in [0.717, 1.165) is 23.0 Å². The first-order valence-electron chi connectivity index (χ1n) is 21.6. The number of carboxylic acid groups (broad SMARTS) is 3. The normalized spacial score (nSPS) is 11.6. The topological polar surface area (TPSA) is 309 Å². The van der Waals surface area contributed by atoms with Crippen molar-refractivity contribution in [2.24, 2.45) is 0 Å². The van der Waals surface area contributed by atoms with E-state index >= 15 is 0 Å². The second-order valence-corrected chi connectivity index (χ2v) is 14.8. The Morgan fingerprint density at radius 3 is 1.19 bits per heavy atom. The number of nitrogens with one attached hydrogen (secondary N) is 3. The van der Waals surface area contributed by atoms with Gasteiger partial charge < -0.3 is 58.7 Å². The number of nitrogens with zero attached hydrogens (tertiary/aromatic N) is 1. The average Bonchev–Trinajstić information content (AvgIpc) is 3.34. The fourth-order valence-corrected chi connectivity index (χ4v) is 6.42. The summed E-state index contributed by atoms with van der Waals surface area (Å²) in [4.78, 5) is 79.3. The zero-order chi connectivity index (χ0) is 51.0. The van der Waals surface area contributed by atoms with Gasteiger partial charge in [-0.1, -0.05) is 112 Å². The van der Waals surface area contributed by atoms with E-state index in [1.807, 2.05) is 66.7 Å². The second kappa shape index (κ2) is 27.7. The van der Waals surface area contributed by atoms with Gasteiger partial charge in [0.1, 0.15) is 31.6 Å². The maximum Gasteiger partial charge on any atom is 0.405 e. The van der Waals surface area contributed by atoms with Gasteiger partial charge in [-0.25, -0.2) is 14.4 Å². The number of benzene rings is 3. The highest BCUT2D eigenvalue weighted by atomic mass is 16.6. The molecule has 370 valence electrons. The van der Waals surface area contributed by atoms with Gasteiger partial charge in [-0.3, -0.25) is 24.5 Å². The number of ether oxygens (including phenoxy) is 3. The molecule has 0 aliphatic heterocycles. The third-order valence-electron chi connectivity index (χ3n) is 9.82. The van der Waals surface area contributed by atoms with Gasteiger partial charge in [-0.15, -0.1) is 0 Å². The molecule has 3 amide bonds. The van der Waals surface area contributed by atoms with Crippen LogP contribution < -0.4 is 46.4 Å². The van der Waals surface area contributed by atoms with Crippen LogP contribution in [-0.2, 0) is 26.4 Å². The van der Waals surface area contributed by atoms with E-state index in [1.54, 1.807) is 45.0 Å². The SMILES string of the molecule is CCC(NC(=O)O)c1occ(C[N+](=O)[O-])c(=O)c1OCc1ccccc1.CCC(NC(=O)O)c1occc(=O)c1OCc1ccccc1.CCC(NC(=O)O)c1occc(=O)c1OCc1ccccc1. The molecule has 3 aromatic heterocycles. The van der Waals surface area contributed by atoms with Crippen molar-refractivity contribution in [2.75, 3.05) is 0 Å². The Balaban J connectivity index is 0.000000230. The molecular weight excluding hydrogens is 917 g/mol. The summed E-state index contributed by atoms with van der Waals surface area (Å²) < 4.78 is 32.8. The van der Waals surface area contributed by atoms with Crippen LogP contribution in [0.3, 0.4) is 0 Å². The first kappa shape index (κ1) is 53.7. The van der Waals surface area contributed by atoms with Crippen LogP contribution in [0.25, 0.3) is 0 Å². The zero-order valence-corrected chi connectivity index (χ0v) is 38.2. The maximum absolute atomic E-state index is 12.6.